The maximum absolute atomic E-state index is 11.1. The minimum Gasteiger partial charge on any atom is -0.463 e. The molecule has 0 heterocycles. The van der Waals surface area contributed by atoms with Crippen molar-refractivity contribution < 1.29 is 19.1 Å². The lowest BCUT2D eigenvalue weighted by molar-refractivity contribution is -0.163. The maximum atomic E-state index is 11.1. The van der Waals surface area contributed by atoms with Crippen molar-refractivity contribution in [1.82, 2.24) is 0 Å². The molecule has 0 fully saturated rings. The van der Waals surface area contributed by atoms with Crippen LogP contribution in [0.2, 0.25) is 0 Å². The van der Waals surface area contributed by atoms with Gasteiger partial charge in [-0.25, -0.2) is 9.59 Å². The molecule has 4 heteroatoms. The van der Waals surface area contributed by atoms with Gasteiger partial charge in [-0.15, -0.1) is 0 Å². The molecule has 0 aromatic rings. The highest BCUT2D eigenvalue weighted by molar-refractivity contribution is 5.85. The number of hydrogen-bond acceptors (Lipinski definition) is 4. The normalized spacial score (nSPS) is 12.5. The monoisotopic (exact) mass is 200 g/mol. The molecule has 0 bridgehead atoms. The molecule has 0 amide bonds. The first-order valence-corrected chi connectivity index (χ1v) is 4.61. The molecule has 0 spiro atoms. The molecule has 1 unspecified atom stereocenters. The minimum atomic E-state index is -0.842. The Hall–Kier alpha value is -1.32. The molecule has 0 aliphatic carbocycles. The summed E-state index contributed by atoms with van der Waals surface area (Å²) in [4.78, 5) is 22.0. The molecule has 0 saturated carbocycles. The molecule has 0 aliphatic rings. The average Bonchev–Trinajstić information content (AvgIpc) is 2.14. The van der Waals surface area contributed by atoms with Crippen molar-refractivity contribution in [2.45, 2.75) is 33.3 Å². The fourth-order valence-corrected chi connectivity index (χ4v) is 0.718. The third kappa shape index (κ3) is 5.35. The summed E-state index contributed by atoms with van der Waals surface area (Å²) in [6, 6.07) is 0. The molecule has 4 nitrogen and oxygen atoms in total. The third-order valence-electron chi connectivity index (χ3n) is 1.38. The maximum Gasteiger partial charge on any atom is 0.347 e. The van der Waals surface area contributed by atoms with Gasteiger partial charge in [0.25, 0.3) is 0 Å². The van der Waals surface area contributed by atoms with Crippen LogP contribution in [0.1, 0.15) is 27.2 Å². The van der Waals surface area contributed by atoms with Crippen LogP contribution in [0, 0.1) is 0 Å². The van der Waals surface area contributed by atoms with Gasteiger partial charge >= 0.3 is 11.9 Å². The molecule has 0 aromatic carbocycles. The van der Waals surface area contributed by atoms with E-state index < -0.39 is 18.0 Å². The van der Waals surface area contributed by atoms with Crippen LogP contribution < -0.4 is 0 Å². The van der Waals surface area contributed by atoms with Crippen LogP contribution in [-0.4, -0.2) is 24.6 Å². The predicted molar refractivity (Wildman–Crippen MR) is 51.6 cm³/mol. The van der Waals surface area contributed by atoms with Gasteiger partial charge in [0.05, 0.1) is 6.61 Å². The summed E-state index contributed by atoms with van der Waals surface area (Å²) in [5, 5.41) is 0. The van der Waals surface area contributed by atoms with Crippen LogP contribution in [0.5, 0.6) is 0 Å². The highest BCUT2D eigenvalue weighted by atomic mass is 16.6. The number of hydrogen-bond donors (Lipinski definition) is 0. The van der Waals surface area contributed by atoms with Crippen molar-refractivity contribution in [1.29, 1.82) is 0 Å². The Morgan fingerprint density at radius 3 is 2.57 bits per heavy atom. The quantitative estimate of drug-likeness (QED) is 0.498. The molecule has 0 saturated heterocycles. The first-order chi connectivity index (χ1) is 6.61. The molecule has 0 aromatic heterocycles. The molecular weight excluding hydrogens is 184 g/mol. The summed E-state index contributed by atoms with van der Waals surface area (Å²) >= 11 is 0. The molecule has 0 radical (unpaired) electrons. The van der Waals surface area contributed by atoms with Crippen LogP contribution in [0.15, 0.2) is 12.2 Å². The van der Waals surface area contributed by atoms with Gasteiger partial charge in [-0.1, -0.05) is 13.0 Å². The Labute approximate surface area is 83.9 Å². The molecule has 0 aliphatic heterocycles. The van der Waals surface area contributed by atoms with Gasteiger partial charge in [-0.2, -0.15) is 0 Å². The molecular formula is C10H16O4. The van der Waals surface area contributed by atoms with E-state index in [-0.39, 0.29) is 0 Å². The molecule has 80 valence electrons. The topological polar surface area (TPSA) is 52.6 Å². The summed E-state index contributed by atoms with van der Waals surface area (Å²) in [6.07, 6.45) is 2.71. The third-order valence-corrected chi connectivity index (χ3v) is 1.38. The Bertz CT molecular complexity index is 220. The highest BCUT2D eigenvalue weighted by Crippen LogP contribution is 1.97. The van der Waals surface area contributed by atoms with Gasteiger partial charge < -0.3 is 9.47 Å². The van der Waals surface area contributed by atoms with Crippen molar-refractivity contribution in [2.75, 3.05) is 6.61 Å². The van der Waals surface area contributed by atoms with Crippen LogP contribution in [0.4, 0.5) is 0 Å². The standard InChI is InChI=1S/C10H16O4/c1-4-6-9(11)14-8(3)10(12)13-7-5-2/h4,6,8H,5,7H2,1-3H3/b6-4+. The van der Waals surface area contributed by atoms with Crippen LogP contribution >= 0.6 is 0 Å². The molecule has 0 N–H and O–H groups in total. The second kappa shape index (κ2) is 7.12. The van der Waals surface area contributed by atoms with E-state index in [0.717, 1.165) is 6.42 Å². The van der Waals surface area contributed by atoms with Crippen LogP contribution in [0.3, 0.4) is 0 Å². The van der Waals surface area contributed by atoms with Gasteiger partial charge in [0, 0.05) is 6.08 Å². The fourth-order valence-electron chi connectivity index (χ4n) is 0.718. The van der Waals surface area contributed by atoms with Crippen molar-refractivity contribution in [3.05, 3.63) is 12.2 Å². The summed E-state index contributed by atoms with van der Waals surface area (Å²) in [5.41, 5.74) is 0. The zero-order chi connectivity index (χ0) is 11.0. The van der Waals surface area contributed by atoms with Gasteiger partial charge in [0.15, 0.2) is 6.10 Å². The first kappa shape index (κ1) is 12.7. The lowest BCUT2D eigenvalue weighted by Crippen LogP contribution is -2.25. The summed E-state index contributed by atoms with van der Waals surface area (Å²) in [5.74, 6) is -1.04. The van der Waals surface area contributed by atoms with E-state index >= 15 is 0 Å². The van der Waals surface area contributed by atoms with E-state index in [1.165, 1.54) is 13.0 Å². The number of ether oxygens (including phenoxy) is 2. The van der Waals surface area contributed by atoms with Crippen LogP contribution in [-0.2, 0) is 19.1 Å². The first-order valence-electron chi connectivity index (χ1n) is 4.61. The van der Waals surface area contributed by atoms with E-state index in [1.807, 2.05) is 6.92 Å². The molecule has 14 heavy (non-hydrogen) atoms. The largest absolute Gasteiger partial charge is 0.463 e. The second-order valence-electron chi connectivity index (χ2n) is 2.75. The summed E-state index contributed by atoms with van der Waals surface area (Å²) in [7, 11) is 0. The van der Waals surface area contributed by atoms with E-state index in [1.54, 1.807) is 13.0 Å². The number of carbonyl (C=O) groups excluding carboxylic acids is 2. The Morgan fingerprint density at radius 1 is 1.43 bits per heavy atom. The minimum absolute atomic E-state index is 0.352. The van der Waals surface area contributed by atoms with E-state index in [4.69, 9.17) is 9.47 Å². The zero-order valence-electron chi connectivity index (χ0n) is 8.78. The van der Waals surface area contributed by atoms with Crippen molar-refractivity contribution in [3.8, 4) is 0 Å². The molecule has 1 atom stereocenters. The number of allylic oxidation sites excluding steroid dienone is 1. The number of esters is 2. The Morgan fingerprint density at radius 2 is 2.07 bits per heavy atom. The Kier molecular flexibility index (Phi) is 6.45. The van der Waals surface area contributed by atoms with Crippen molar-refractivity contribution in [3.63, 3.8) is 0 Å². The lowest BCUT2D eigenvalue weighted by Gasteiger charge is -2.10. The highest BCUT2D eigenvalue weighted by Gasteiger charge is 2.17. The summed E-state index contributed by atoms with van der Waals surface area (Å²) < 4.78 is 9.54. The lowest BCUT2D eigenvalue weighted by atomic mass is 10.4. The predicted octanol–water partition coefficient (Wildman–Crippen LogP) is 1.45. The Balaban J connectivity index is 3.88. The number of rotatable bonds is 5. The zero-order valence-corrected chi connectivity index (χ0v) is 8.78. The van der Waals surface area contributed by atoms with E-state index in [2.05, 4.69) is 0 Å². The smallest absolute Gasteiger partial charge is 0.347 e. The molecule has 0 rings (SSSR count). The van der Waals surface area contributed by atoms with Gasteiger partial charge in [-0.3, -0.25) is 0 Å². The number of carbonyl (C=O) groups is 2. The van der Waals surface area contributed by atoms with Crippen molar-refractivity contribution in [2.24, 2.45) is 0 Å². The van der Waals surface area contributed by atoms with E-state index in [0.29, 0.717) is 6.61 Å². The second-order valence-corrected chi connectivity index (χ2v) is 2.75. The van der Waals surface area contributed by atoms with E-state index in [9.17, 15) is 9.59 Å². The van der Waals surface area contributed by atoms with Gasteiger partial charge in [0.2, 0.25) is 0 Å². The summed E-state index contributed by atoms with van der Waals surface area (Å²) in [6.45, 7) is 5.43. The average molecular weight is 200 g/mol. The fraction of sp³-hybridized carbons (Fsp3) is 0.600. The SMILES string of the molecule is C/C=C/C(=O)OC(C)C(=O)OCCC. The van der Waals surface area contributed by atoms with Crippen LogP contribution in [0.25, 0.3) is 0 Å². The van der Waals surface area contributed by atoms with Gasteiger partial charge in [0.1, 0.15) is 0 Å². The van der Waals surface area contributed by atoms with Crippen molar-refractivity contribution >= 4 is 11.9 Å². The van der Waals surface area contributed by atoms with Gasteiger partial charge in [-0.05, 0) is 20.3 Å².